The third kappa shape index (κ3) is 3.11. The van der Waals surface area contributed by atoms with Gasteiger partial charge in [-0.1, -0.05) is 44.2 Å². The molecule has 1 atom stereocenters. The average Bonchev–Trinajstić information content (AvgIpc) is 3.18. The van der Waals surface area contributed by atoms with E-state index in [1.165, 1.54) is 0 Å². The molecule has 1 aromatic heterocycles. The molecular formula is C23H25NO4. The number of hydrogen-bond acceptors (Lipinski definition) is 4. The van der Waals surface area contributed by atoms with E-state index in [0.717, 1.165) is 36.0 Å². The monoisotopic (exact) mass is 379 g/mol. The number of benzene rings is 2. The highest BCUT2D eigenvalue weighted by Crippen LogP contribution is 2.42. The molecule has 146 valence electrons. The number of fused-ring (bicyclic) bond motifs is 2. The van der Waals surface area contributed by atoms with E-state index in [1.807, 2.05) is 42.5 Å². The Labute approximate surface area is 164 Å². The number of rotatable bonds is 5. The Morgan fingerprint density at radius 1 is 1.18 bits per heavy atom. The first-order chi connectivity index (χ1) is 13.6. The normalized spacial score (nSPS) is 17.6. The summed E-state index contributed by atoms with van der Waals surface area (Å²) in [4.78, 5) is 13.0. The van der Waals surface area contributed by atoms with E-state index in [2.05, 4.69) is 19.2 Å². The summed E-state index contributed by atoms with van der Waals surface area (Å²) in [6.45, 7) is 4.25. The van der Waals surface area contributed by atoms with Crippen LogP contribution in [0.3, 0.4) is 0 Å². The van der Waals surface area contributed by atoms with Gasteiger partial charge < -0.3 is 19.2 Å². The lowest BCUT2D eigenvalue weighted by Crippen LogP contribution is -2.44. The predicted octanol–water partition coefficient (Wildman–Crippen LogP) is 5.25. The van der Waals surface area contributed by atoms with Gasteiger partial charge in [-0.3, -0.25) is 4.79 Å². The van der Waals surface area contributed by atoms with Gasteiger partial charge in [-0.25, -0.2) is 0 Å². The average molecular weight is 379 g/mol. The molecule has 1 amide bonds. The Hall–Kier alpha value is -2.95. The maximum Gasteiger partial charge on any atom is 0.287 e. The lowest BCUT2D eigenvalue weighted by atomic mass is 9.83. The van der Waals surface area contributed by atoms with Crippen molar-refractivity contribution in [1.29, 1.82) is 0 Å². The Morgan fingerprint density at radius 3 is 2.71 bits per heavy atom. The van der Waals surface area contributed by atoms with Crippen LogP contribution in [-0.2, 0) is 0 Å². The van der Waals surface area contributed by atoms with Gasteiger partial charge in [0.25, 0.3) is 5.91 Å². The number of furan rings is 1. The summed E-state index contributed by atoms with van der Waals surface area (Å²) in [6, 6.07) is 15.1. The smallest absolute Gasteiger partial charge is 0.287 e. The van der Waals surface area contributed by atoms with Crippen molar-refractivity contribution in [2.75, 3.05) is 7.11 Å². The molecule has 0 fully saturated rings. The van der Waals surface area contributed by atoms with Gasteiger partial charge in [-0.05, 0) is 31.0 Å². The molecule has 1 N–H and O–H groups in total. The van der Waals surface area contributed by atoms with Crippen LogP contribution in [0.4, 0.5) is 0 Å². The van der Waals surface area contributed by atoms with Crippen LogP contribution in [0.15, 0.2) is 52.9 Å². The molecule has 0 spiro atoms. The van der Waals surface area contributed by atoms with E-state index in [9.17, 15) is 4.79 Å². The number of amides is 1. The van der Waals surface area contributed by atoms with E-state index >= 15 is 0 Å². The molecule has 0 bridgehead atoms. The second-order valence-electron chi connectivity index (χ2n) is 7.25. The molecule has 28 heavy (non-hydrogen) atoms. The Balaban J connectivity index is 1.65. The number of carbonyl (C=O) groups is 1. The fourth-order valence-electron chi connectivity index (χ4n) is 3.97. The minimum Gasteiger partial charge on any atom is -0.493 e. The molecule has 5 nitrogen and oxygen atoms in total. The number of para-hydroxylation sites is 2. The van der Waals surface area contributed by atoms with Gasteiger partial charge in [-0.15, -0.1) is 0 Å². The van der Waals surface area contributed by atoms with Crippen molar-refractivity contribution in [3.8, 4) is 11.5 Å². The molecule has 2 heterocycles. The van der Waals surface area contributed by atoms with Gasteiger partial charge in [0, 0.05) is 17.4 Å². The van der Waals surface area contributed by atoms with Crippen LogP contribution < -0.4 is 14.8 Å². The predicted molar refractivity (Wildman–Crippen MR) is 108 cm³/mol. The summed E-state index contributed by atoms with van der Waals surface area (Å²) in [5.74, 6) is 1.50. The molecule has 0 unspecified atom stereocenters. The zero-order valence-electron chi connectivity index (χ0n) is 16.5. The molecule has 0 saturated carbocycles. The highest BCUT2D eigenvalue weighted by Gasteiger charge is 2.39. The van der Waals surface area contributed by atoms with Crippen LogP contribution in [0.25, 0.3) is 11.0 Å². The fraction of sp³-hybridized carbons (Fsp3) is 0.348. The SMILES string of the molecule is CCC1(CC)C[C@@H](NC(=O)c2cc3cccc(OC)c3o2)c2ccccc2O1. The third-order valence-electron chi connectivity index (χ3n) is 5.74. The zero-order chi connectivity index (χ0) is 19.7. The number of nitrogens with one attached hydrogen (secondary N) is 1. The van der Waals surface area contributed by atoms with E-state index in [4.69, 9.17) is 13.9 Å². The van der Waals surface area contributed by atoms with Crippen molar-refractivity contribution in [2.24, 2.45) is 0 Å². The fourth-order valence-corrected chi connectivity index (χ4v) is 3.97. The lowest BCUT2D eigenvalue weighted by molar-refractivity contribution is 0.0225. The summed E-state index contributed by atoms with van der Waals surface area (Å²) < 4.78 is 17.5. The maximum atomic E-state index is 13.0. The lowest BCUT2D eigenvalue weighted by Gasteiger charge is -2.41. The molecule has 1 aliphatic rings. The second-order valence-corrected chi connectivity index (χ2v) is 7.25. The van der Waals surface area contributed by atoms with Crippen LogP contribution in [0, 0.1) is 0 Å². The quantitative estimate of drug-likeness (QED) is 0.657. The van der Waals surface area contributed by atoms with Crippen molar-refractivity contribution in [2.45, 2.75) is 44.8 Å². The molecule has 3 aromatic rings. The van der Waals surface area contributed by atoms with E-state index in [0.29, 0.717) is 11.3 Å². The molecule has 4 rings (SSSR count). The molecular weight excluding hydrogens is 354 g/mol. The number of ether oxygens (including phenoxy) is 2. The first-order valence-corrected chi connectivity index (χ1v) is 9.74. The third-order valence-corrected chi connectivity index (χ3v) is 5.74. The van der Waals surface area contributed by atoms with E-state index in [-0.39, 0.29) is 23.3 Å². The Morgan fingerprint density at radius 2 is 1.96 bits per heavy atom. The van der Waals surface area contributed by atoms with Gasteiger partial charge in [0.1, 0.15) is 11.4 Å². The molecule has 5 heteroatoms. The minimum absolute atomic E-state index is 0.132. The van der Waals surface area contributed by atoms with E-state index in [1.54, 1.807) is 13.2 Å². The zero-order valence-corrected chi connectivity index (χ0v) is 16.5. The molecule has 1 aliphatic heterocycles. The molecule has 0 radical (unpaired) electrons. The summed E-state index contributed by atoms with van der Waals surface area (Å²) >= 11 is 0. The number of carbonyl (C=O) groups excluding carboxylic acids is 1. The standard InChI is InChI=1S/C23H25NO4/c1-4-23(5-2)14-17(16-10-6-7-11-18(16)28-23)24-22(25)20-13-15-9-8-12-19(26-3)21(15)27-20/h6-13,17H,4-5,14H2,1-3H3,(H,24,25)/t17-/m1/s1. The van der Waals surface area contributed by atoms with Gasteiger partial charge in [-0.2, -0.15) is 0 Å². The molecule has 2 aromatic carbocycles. The summed E-state index contributed by atoms with van der Waals surface area (Å²) in [5.41, 5.74) is 1.31. The van der Waals surface area contributed by atoms with Gasteiger partial charge in [0.05, 0.1) is 13.2 Å². The second kappa shape index (κ2) is 7.23. The largest absolute Gasteiger partial charge is 0.493 e. The first kappa shape index (κ1) is 18.4. The van der Waals surface area contributed by atoms with E-state index < -0.39 is 0 Å². The highest BCUT2D eigenvalue weighted by molar-refractivity contribution is 5.97. The van der Waals surface area contributed by atoms with Crippen LogP contribution in [-0.4, -0.2) is 18.6 Å². The molecule has 0 saturated heterocycles. The summed E-state index contributed by atoms with van der Waals surface area (Å²) in [6.07, 6.45) is 2.49. The number of methoxy groups -OCH3 is 1. The topological polar surface area (TPSA) is 60.7 Å². The Bertz CT molecular complexity index is 1000. The number of hydrogen-bond donors (Lipinski definition) is 1. The van der Waals surface area contributed by atoms with Crippen molar-refractivity contribution < 1.29 is 18.7 Å². The van der Waals surface area contributed by atoms with Crippen LogP contribution in [0.2, 0.25) is 0 Å². The Kier molecular flexibility index (Phi) is 4.75. The van der Waals surface area contributed by atoms with Crippen LogP contribution >= 0.6 is 0 Å². The summed E-state index contributed by atoms with van der Waals surface area (Å²) in [5, 5.41) is 4.00. The van der Waals surface area contributed by atoms with Gasteiger partial charge >= 0.3 is 0 Å². The first-order valence-electron chi connectivity index (χ1n) is 9.74. The molecule has 0 aliphatic carbocycles. The van der Waals surface area contributed by atoms with Crippen molar-refractivity contribution in [1.82, 2.24) is 5.32 Å². The maximum absolute atomic E-state index is 13.0. The van der Waals surface area contributed by atoms with Crippen molar-refractivity contribution in [3.63, 3.8) is 0 Å². The van der Waals surface area contributed by atoms with Crippen molar-refractivity contribution in [3.05, 3.63) is 59.9 Å². The highest BCUT2D eigenvalue weighted by atomic mass is 16.5. The van der Waals surface area contributed by atoms with Crippen LogP contribution in [0.1, 0.15) is 55.3 Å². The van der Waals surface area contributed by atoms with Gasteiger partial charge in [0.15, 0.2) is 17.1 Å². The van der Waals surface area contributed by atoms with Gasteiger partial charge in [0.2, 0.25) is 0 Å². The summed E-state index contributed by atoms with van der Waals surface area (Å²) in [7, 11) is 1.59. The van der Waals surface area contributed by atoms with Crippen LogP contribution in [0.5, 0.6) is 11.5 Å². The van der Waals surface area contributed by atoms with Crippen molar-refractivity contribution >= 4 is 16.9 Å². The minimum atomic E-state index is -0.274.